The zero-order valence-electron chi connectivity index (χ0n) is 18.3. The van der Waals surface area contributed by atoms with Crippen LogP contribution in [0.1, 0.15) is 50.1 Å². The van der Waals surface area contributed by atoms with Gasteiger partial charge in [-0.3, -0.25) is 9.59 Å². The molecule has 9 heteroatoms. The second-order valence-corrected chi connectivity index (χ2v) is 9.55. The molecular formula is C23H26ClN5O2S. The minimum atomic E-state index is -0.184. The van der Waals surface area contributed by atoms with Crippen molar-refractivity contribution < 1.29 is 9.59 Å². The molecule has 1 N–H and O–H groups in total. The number of hydrogen-bond donors (Lipinski definition) is 1. The van der Waals surface area contributed by atoms with Crippen LogP contribution in [0.3, 0.4) is 0 Å². The first kappa shape index (κ1) is 22.5. The molecule has 168 valence electrons. The van der Waals surface area contributed by atoms with Crippen molar-refractivity contribution in [2.24, 2.45) is 0 Å². The zero-order chi connectivity index (χ0) is 22.8. The van der Waals surface area contributed by atoms with E-state index in [4.69, 9.17) is 16.6 Å². The first-order valence-electron chi connectivity index (χ1n) is 10.7. The lowest BCUT2D eigenvalue weighted by Crippen LogP contribution is -2.37. The van der Waals surface area contributed by atoms with Crippen LogP contribution in [-0.4, -0.2) is 50.4 Å². The van der Waals surface area contributed by atoms with E-state index < -0.39 is 0 Å². The van der Waals surface area contributed by atoms with E-state index in [1.165, 1.54) is 11.3 Å². The zero-order valence-corrected chi connectivity index (χ0v) is 19.9. The average Bonchev–Trinajstić information content (AvgIpc) is 3.41. The third-order valence-corrected chi connectivity index (χ3v) is 6.67. The molecule has 3 aromatic rings. The van der Waals surface area contributed by atoms with E-state index in [0.717, 1.165) is 34.8 Å². The van der Waals surface area contributed by atoms with Crippen LogP contribution in [0.4, 0.5) is 0 Å². The molecule has 3 heterocycles. The van der Waals surface area contributed by atoms with E-state index in [2.05, 4.69) is 14.9 Å². The Balaban J connectivity index is 1.73. The quantitative estimate of drug-likeness (QED) is 0.587. The van der Waals surface area contributed by atoms with Gasteiger partial charge in [-0.25, -0.2) is 9.97 Å². The second-order valence-electron chi connectivity index (χ2n) is 8.26. The summed E-state index contributed by atoms with van der Waals surface area (Å²) in [6.07, 6.45) is 3.53. The summed E-state index contributed by atoms with van der Waals surface area (Å²) in [6.45, 7) is 6.89. The highest BCUT2D eigenvalue weighted by atomic mass is 35.5. The normalized spacial score (nSPS) is 14.7. The van der Waals surface area contributed by atoms with E-state index in [1.807, 2.05) is 49.3 Å². The smallest absolute Gasteiger partial charge is 0.270 e. The van der Waals surface area contributed by atoms with Gasteiger partial charge in [0.2, 0.25) is 5.91 Å². The highest BCUT2D eigenvalue weighted by Gasteiger charge is 2.27. The van der Waals surface area contributed by atoms with Gasteiger partial charge in [0.05, 0.1) is 12.0 Å². The van der Waals surface area contributed by atoms with Gasteiger partial charge >= 0.3 is 0 Å². The number of halogens is 1. The van der Waals surface area contributed by atoms with E-state index >= 15 is 0 Å². The molecule has 1 aromatic carbocycles. The Bertz CT molecular complexity index is 1110. The molecule has 1 saturated heterocycles. The molecule has 4 rings (SSSR count). The molecule has 1 aliphatic rings. The summed E-state index contributed by atoms with van der Waals surface area (Å²) >= 11 is 7.52. The topological polar surface area (TPSA) is 80.1 Å². The number of carbonyl (C=O) groups is 2. The summed E-state index contributed by atoms with van der Waals surface area (Å²) in [5, 5.41) is 6.09. The lowest BCUT2D eigenvalue weighted by atomic mass is 10.0. The molecule has 0 atom stereocenters. The van der Waals surface area contributed by atoms with E-state index in [0.29, 0.717) is 23.8 Å². The summed E-state index contributed by atoms with van der Waals surface area (Å²) < 4.78 is 2.16. The predicted molar refractivity (Wildman–Crippen MR) is 127 cm³/mol. The monoisotopic (exact) mass is 471 g/mol. The van der Waals surface area contributed by atoms with Gasteiger partial charge in [0.1, 0.15) is 16.4 Å². The van der Waals surface area contributed by atoms with Crippen LogP contribution < -0.4 is 5.32 Å². The Morgan fingerprint density at radius 3 is 2.50 bits per heavy atom. The van der Waals surface area contributed by atoms with Crippen molar-refractivity contribution in [3.63, 3.8) is 0 Å². The van der Waals surface area contributed by atoms with Gasteiger partial charge in [0, 0.05) is 48.1 Å². The van der Waals surface area contributed by atoms with Crippen LogP contribution in [0.5, 0.6) is 0 Å². The fourth-order valence-corrected chi connectivity index (χ4v) is 4.92. The van der Waals surface area contributed by atoms with Crippen LogP contribution >= 0.6 is 22.9 Å². The molecule has 0 saturated carbocycles. The standard InChI is InChI=1S/C23H26ClN5O2S/c1-14(2)26-22(31)19-12-32-23(27-19)21-20(16-4-6-17(24)7-5-16)25-13-29(21)18-8-10-28(11-9-18)15(3)30/h4-7,12-14,18H,8-11H2,1-3H3,(H,26,31). The Hall–Kier alpha value is -2.71. The Morgan fingerprint density at radius 2 is 1.88 bits per heavy atom. The molecule has 0 radical (unpaired) electrons. The number of amides is 2. The number of imidazole rings is 1. The molecule has 0 bridgehead atoms. The van der Waals surface area contributed by atoms with Crippen molar-refractivity contribution in [1.82, 2.24) is 24.8 Å². The molecule has 1 aliphatic heterocycles. The first-order valence-corrected chi connectivity index (χ1v) is 11.9. The summed E-state index contributed by atoms with van der Waals surface area (Å²) in [4.78, 5) is 35.5. The second kappa shape index (κ2) is 9.42. The number of nitrogens with one attached hydrogen (secondary N) is 1. The fourth-order valence-electron chi connectivity index (χ4n) is 3.95. The van der Waals surface area contributed by atoms with Crippen molar-refractivity contribution >= 4 is 34.8 Å². The van der Waals surface area contributed by atoms with E-state index in [9.17, 15) is 9.59 Å². The molecule has 2 amide bonds. The van der Waals surface area contributed by atoms with Crippen LogP contribution in [0.25, 0.3) is 22.0 Å². The highest BCUT2D eigenvalue weighted by molar-refractivity contribution is 7.13. The van der Waals surface area contributed by atoms with Gasteiger partial charge in [0.15, 0.2) is 0 Å². The molecule has 2 aromatic heterocycles. The number of nitrogens with zero attached hydrogens (tertiary/aromatic N) is 4. The fraction of sp³-hybridized carbons (Fsp3) is 0.391. The maximum atomic E-state index is 12.5. The Morgan fingerprint density at radius 1 is 1.19 bits per heavy atom. The largest absolute Gasteiger partial charge is 0.349 e. The lowest BCUT2D eigenvalue weighted by Gasteiger charge is -2.32. The Labute approximate surface area is 196 Å². The third kappa shape index (κ3) is 4.71. The van der Waals surface area contributed by atoms with E-state index in [1.54, 1.807) is 12.3 Å². The van der Waals surface area contributed by atoms with Crippen molar-refractivity contribution in [1.29, 1.82) is 0 Å². The summed E-state index contributed by atoms with van der Waals surface area (Å²) in [5.74, 6) is -0.0757. The summed E-state index contributed by atoms with van der Waals surface area (Å²) in [6, 6.07) is 7.80. The average molecular weight is 472 g/mol. The summed E-state index contributed by atoms with van der Waals surface area (Å²) in [7, 11) is 0. The van der Waals surface area contributed by atoms with Crippen molar-refractivity contribution in [3.8, 4) is 22.0 Å². The maximum Gasteiger partial charge on any atom is 0.270 e. The highest BCUT2D eigenvalue weighted by Crippen LogP contribution is 2.37. The van der Waals surface area contributed by atoms with Gasteiger partial charge in [-0.15, -0.1) is 11.3 Å². The van der Waals surface area contributed by atoms with Gasteiger partial charge in [-0.05, 0) is 38.8 Å². The molecular weight excluding hydrogens is 446 g/mol. The predicted octanol–water partition coefficient (Wildman–Crippen LogP) is 4.65. The van der Waals surface area contributed by atoms with Crippen molar-refractivity contribution in [2.45, 2.75) is 45.7 Å². The van der Waals surface area contributed by atoms with Crippen molar-refractivity contribution in [2.75, 3.05) is 13.1 Å². The molecule has 32 heavy (non-hydrogen) atoms. The number of aromatic nitrogens is 3. The van der Waals surface area contributed by atoms with Gasteiger partial charge < -0.3 is 14.8 Å². The third-order valence-electron chi connectivity index (χ3n) is 5.57. The SMILES string of the molecule is CC(=O)N1CCC(n2cnc(-c3ccc(Cl)cc3)c2-c2nc(C(=O)NC(C)C)cs2)CC1. The Kier molecular flexibility index (Phi) is 6.62. The number of carbonyl (C=O) groups excluding carboxylic acids is 2. The molecule has 1 fully saturated rings. The van der Waals surface area contributed by atoms with Crippen LogP contribution in [0.2, 0.25) is 5.02 Å². The minimum absolute atomic E-state index is 0.0364. The van der Waals surface area contributed by atoms with Gasteiger partial charge in [0.25, 0.3) is 5.91 Å². The number of piperidine rings is 1. The van der Waals surface area contributed by atoms with Crippen LogP contribution in [0, 0.1) is 0 Å². The number of thiazole rings is 1. The van der Waals surface area contributed by atoms with Gasteiger partial charge in [-0.2, -0.15) is 0 Å². The van der Waals surface area contributed by atoms with Gasteiger partial charge in [-0.1, -0.05) is 23.7 Å². The maximum absolute atomic E-state index is 12.5. The molecule has 0 aliphatic carbocycles. The van der Waals surface area contributed by atoms with Crippen molar-refractivity contribution in [3.05, 3.63) is 46.7 Å². The molecule has 0 unspecified atom stereocenters. The lowest BCUT2D eigenvalue weighted by molar-refractivity contribution is -0.130. The first-order chi connectivity index (χ1) is 15.3. The van der Waals surface area contributed by atoms with E-state index in [-0.39, 0.29) is 23.9 Å². The minimum Gasteiger partial charge on any atom is -0.349 e. The number of likely N-dealkylation sites (tertiary alicyclic amines) is 1. The van der Waals surface area contributed by atoms with Crippen LogP contribution in [-0.2, 0) is 4.79 Å². The molecule has 7 nitrogen and oxygen atoms in total. The number of hydrogen-bond acceptors (Lipinski definition) is 5. The summed E-state index contributed by atoms with van der Waals surface area (Å²) in [5.41, 5.74) is 3.04. The number of rotatable bonds is 5. The number of benzene rings is 1. The molecule has 0 spiro atoms. The van der Waals surface area contributed by atoms with Crippen LogP contribution in [0.15, 0.2) is 36.0 Å².